The molecule has 2 heterocycles. The first-order valence-corrected chi connectivity index (χ1v) is 13.1. The summed E-state index contributed by atoms with van der Waals surface area (Å²) in [4.78, 5) is 28.7. The number of benzene rings is 1. The molecule has 3 rings (SSSR count). The SMILES string of the molecule is CC(C)C[C@@H]1NC(=O)C2(CCCCOCCCNC1=O)CCN(Cc1ccc(C(F)(F)F)cc1)CC2. The van der Waals surface area contributed by atoms with Crippen molar-refractivity contribution in [2.45, 2.75) is 77.6 Å². The summed E-state index contributed by atoms with van der Waals surface area (Å²) >= 11 is 0. The zero-order valence-corrected chi connectivity index (χ0v) is 21.5. The summed E-state index contributed by atoms with van der Waals surface area (Å²) in [6.45, 7) is 7.73. The van der Waals surface area contributed by atoms with Crippen molar-refractivity contribution < 1.29 is 27.5 Å². The van der Waals surface area contributed by atoms with Crippen molar-refractivity contribution in [1.29, 1.82) is 0 Å². The molecular weight excluding hydrogens is 471 g/mol. The molecule has 2 saturated heterocycles. The van der Waals surface area contributed by atoms with Gasteiger partial charge in [-0.2, -0.15) is 13.2 Å². The van der Waals surface area contributed by atoms with Crippen LogP contribution in [0.2, 0.25) is 0 Å². The fourth-order valence-corrected chi connectivity index (χ4v) is 5.08. The van der Waals surface area contributed by atoms with Gasteiger partial charge in [-0.3, -0.25) is 14.5 Å². The number of piperidine rings is 1. The highest BCUT2D eigenvalue weighted by Crippen LogP contribution is 2.38. The van der Waals surface area contributed by atoms with Crippen LogP contribution in [-0.2, 0) is 27.0 Å². The lowest BCUT2D eigenvalue weighted by Crippen LogP contribution is -2.55. The van der Waals surface area contributed by atoms with Crippen molar-refractivity contribution in [3.05, 3.63) is 35.4 Å². The predicted octanol–water partition coefficient (Wildman–Crippen LogP) is 4.53. The minimum Gasteiger partial charge on any atom is -0.381 e. The van der Waals surface area contributed by atoms with Crippen molar-refractivity contribution >= 4 is 11.8 Å². The summed E-state index contributed by atoms with van der Waals surface area (Å²) in [5, 5.41) is 6.03. The van der Waals surface area contributed by atoms with Gasteiger partial charge in [0.2, 0.25) is 11.8 Å². The average molecular weight is 512 g/mol. The minimum atomic E-state index is -4.34. The number of hydrogen-bond acceptors (Lipinski definition) is 4. The summed E-state index contributed by atoms with van der Waals surface area (Å²) in [6, 6.07) is 4.72. The summed E-state index contributed by atoms with van der Waals surface area (Å²) in [5.74, 6) is 0.0456. The number of rotatable bonds is 4. The molecule has 2 amide bonds. The number of likely N-dealkylation sites (tertiary alicyclic amines) is 1. The van der Waals surface area contributed by atoms with Gasteiger partial charge in [0.25, 0.3) is 0 Å². The molecule has 2 fully saturated rings. The van der Waals surface area contributed by atoms with Crippen LogP contribution in [0.5, 0.6) is 0 Å². The number of carbonyl (C=O) groups excluding carboxylic acids is 2. The quantitative estimate of drug-likeness (QED) is 0.624. The number of hydrogen-bond donors (Lipinski definition) is 2. The van der Waals surface area contributed by atoms with Gasteiger partial charge in [-0.1, -0.05) is 32.4 Å². The molecule has 0 unspecified atom stereocenters. The van der Waals surface area contributed by atoms with Gasteiger partial charge in [0.15, 0.2) is 0 Å². The number of alkyl halides is 3. The van der Waals surface area contributed by atoms with Crippen LogP contribution < -0.4 is 10.6 Å². The Morgan fingerprint density at radius 3 is 2.33 bits per heavy atom. The van der Waals surface area contributed by atoms with Gasteiger partial charge in [-0.05, 0) is 75.2 Å². The molecule has 1 atom stereocenters. The second kappa shape index (κ2) is 12.9. The number of nitrogens with zero attached hydrogens (tertiary/aromatic N) is 1. The fraction of sp³-hybridized carbons (Fsp3) is 0.704. The number of carbonyl (C=O) groups is 2. The Kier molecular flexibility index (Phi) is 10.2. The molecule has 0 bridgehead atoms. The molecule has 2 N–H and O–H groups in total. The summed E-state index contributed by atoms with van der Waals surface area (Å²) in [6.07, 6.45) is 0.750. The molecule has 1 aromatic carbocycles. The van der Waals surface area contributed by atoms with E-state index in [1.807, 2.05) is 13.8 Å². The highest BCUT2D eigenvalue weighted by molar-refractivity contribution is 5.90. The molecule has 2 aliphatic heterocycles. The van der Waals surface area contributed by atoms with Crippen LogP contribution in [0, 0.1) is 11.3 Å². The zero-order valence-electron chi connectivity index (χ0n) is 21.5. The van der Waals surface area contributed by atoms with Crippen LogP contribution in [0.1, 0.15) is 69.9 Å². The van der Waals surface area contributed by atoms with Crippen molar-refractivity contribution in [3.63, 3.8) is 0 Å². The van der Waals surface area contributed by atoms with E-state index in [1.165, 1.54) is 12.1 Å². The molecule has 6 nitrogen and oxygen atoms in total. The van der Waals surface area contributed by atoms with Crippen LogP contribution in [0.3, 0.4) is 0 Å². The Hall–Kier alpha value is -2.13. The molecule has 36 heavy (non-hydrogen) atoms. The predicted molar refractivity (Wildman–Crippen MR) is 132 cm³/mol. The second-order valence-corrected chi connectivity index (χ2v) is 10.6. The van der Waals surface area contributed by atoms with E-state index in [9.17, 15) is 22.8 Å². The van der Waals surface area contributed by atoms with Crippen LogP contribution in [0.4, 0.5) is 13.2 Å². The standard InChI is InChI=1S/C27H40F3N3O3/c1-20(2)18-23-24(34)31-13-5-17-36-16-4-3-10-26(25(35)32-23)11-14-33(15-12-26)19-21-6-8-22(9-7-21)27(28,29)30/h6-9,20,23H,3-5,10-19H2,1-2H3,(H,31,34)(H,32,35)/t23-/m0/s1. The maximum Gasteiger partial charge on any atom is 0.416 e. The molecule has 1 aromatic rings. The molecule has 0 radical (unpaired) electrons. The van der Waals surface area contributed by atoms with E-state index in [1.54, 1.807) is 0 Å². The highest BCUT2D eigenvalue weighted by atomic mass is 19.4. The maximum atomic E-state index is 13.6. The monoisotopic (exact) mass is 511 g/mol. The first-order chi connectivity index (χ1) is 17.1. The van der Waals surface area contributed by atoms with E-state index in [0.717, 1.165) is 43.4 Å². The van der Waals surface area contributed by atoms with Crippen molar-refractivity contribution in [2.75, 3.05) is 32.8 Å². The molecule has 0 saturated carbocycles. The zero-order chi connectivity index (χ0) is 26.2. The number of ether oxygens (including phenoxy) is 1. The van der Waals surface area contributed by atoms with E-state index >= 15 is 0 Å². The Morgan fingerprint density at radius 1 is 1.03 bits per heavy atom. The molecule has 2 aliphatic rings. The normalized spacial score (nSPS) is 23.2. The fourth-order valence-electron chi connectivity index (χ4n) is 5.08. The van der Waals surface area contributed by atoms with E-state index in [-0.39, 0.29) is 17.7 Å². The van der Waals surface area contributed by atoms with E-state index < -0.39 is 23.2 Å². The third kappa shape index (κ3) is 8.20. The van der Waals surface area contributed by atoms with Crippen LogP contribution in [0.15, 0.2) is 24.3 Å². The van der Waals surface area contributed by atoms with Gasteiger partial charge in [0, 0.05) is 26.3 Å². The molecule has 9 heteroatoms. The number of nitrogens with one attached hydrogen (secondary N) is 2. The Balaban J connectivity index is 1.67. The molecule has 202 valence electrons. The van der Waals surface area contributed by atoms with Gasteiger partial charge in [0.05, 0.1) is 11.0 Å². The van der Waals surface area contributed by atoms with Gasteiger partial charge < -0.3 is 15.4 Å². The summed E-state index contributed by atoms with van der Waals surface area (Å²) < 4.78 is 44.3. The number of amides is 2. The first kappa shape index (κ1) is 28.4. The van der Waals surface area contributed by atoms with Crippen molar-refractivity contribution in [1.82, 2.24) is 15.5 Å². The van der Waals surface area contributed by atoms with E-state index in [2.05, 4.69) is 15.5 Å². The largest absolute Gasteiger partial charge is 0.416 e. The van der Waals surface area contributed by atoms with E-state index in [0.29, 0.717) is 58.7 Å². The minimum absolute atomic E-state index is 0.0598. The van der Waals surface area contributed by atoms with Gasteiger partial charge in [-0.15, -0.1) is 0 Å². The van der Waals surface area contributed by atoms with E-state index in [4.69, 9.17) is 4.74 Å². The lowest BCUT2D eigenvalue weighted by molar-refractivity contribution is -0.138. The summed E-state index contributed by atoms with van der Waals surface area (Å²) in [7, 11) is 0. The van der Waals surface area contributed by atoms with Crippen LogP contribution in [0.25, 0.3) is 0 Å². The molecular formula is C27H40F3N3O3. The third-order valence-electron chi connectivity index (χ3n) is 7.27. The Labute approximate surface area is 212 Å². The van der Waals surface area contributed by atoms with Crippen molar-refractivity contribution in [3.8, 4) is 0 Å². The highest BCUT2D eigenvalue weighted by Gasteiger charge is 2.42. The van der Waals surface area contributed by atoms with Crippen LogP contribution in [-0.4, -0.2) is 55.6 Å². The second-order valence-electron chi connectivity index (χ2n) is 10.6. The Morgan fingerprint density at radius 2 is 1.69 bits per heavy atom. The Bertz CT molecular complexity index is 850. The maximum absolute atomic E-state index is 13.6. The van der Waals surface area contributed by atoms with Crippen molar-refractivity contribution in [2.24, 2.45) is 11.3 Å². The average Bonchev–Trinajstić information content (AvgIpc) is 2.82. The molecule has 0 aliphatic carbocycles. The topological polar surface area (TPSA) is 70.7 Å². The number of halogens is 3. The van der Waals surface area contributed by atoms with Crippen LogP contribution >= 0.6 is 0 Å². The first-order valence-electron chi connectivity index (χ1n) is 13.1. The lowest BCUT2D eigenvalue weighted by Gasteiger charge is -2.41. The molecule has 0 aromatic heterocycles. The van der Waals surface area contributed by atoms with Gasteiger partial charge in [-0.25, -0.2) is 0 Å². The third-order valence-corrected chi connectivity index (χ3v) is 7.27. The van der Waals surface area contributed by atoms with Gasteiger partial charge in [0.1, 0.15) is 6.04 Å². The summed E-state index contributed by atoms with van der Waals surface area (Å²) in [5.41, 5.74) is -0.388. The smallest absolute Gasteiger partial charge is 0.381 e. The lowest BCUT2D eigenvalue weighted by atomic mass is 9.73. The van der Waals surface area contributed by atoms with Gasteiger partial charge >= 0.3 is 6.18 Å². The molecule has 1 spiro atoms.